The molecule has 0 bridgehead atoms. The summed E-state index contributed by atoms with van der Waals surface area (Å²) in [5.74, 6) is 0. The van der Waals surface area contributed by atoms with E-state index in [0.717, 1.165) is 19.6 Å². The van der Waals surface area contributed by atoms with Crippen molar-refractivity contribution in [1.29, 1.82) is 0 Å². The van der Waals surface area contributed by atoms with Gasteiger partial charge in [-0.25, -0.2) is 0 Å². The van der Waals surface area contributed by atoms with Crippen LogP contribution in [0.25, 0.3) is 0 Å². The summed E-state index contributed by atoms with van der Waals surface area (Å²) in [5.41, 5.74) is 2.67. The van der Waals surface area contributed by atoms with Gasteiger partial charge in [0, 0.05) is 30.9 Å². The van der Waals surface area contributed by atoms with Crippen LogP contribution >= 0.6 is 0 Å². The maximum Gasteiger partial charge on any atom is 0.0388 e. The van der Waals surface area contributed by atoms with Crippen molar-refractivity contribution in [3.8, 4) is 0 Å². The van der Waals surface area contributed by atoms with Gasteiger partial charge in [0.1, 0.15) is 0 Å². The maximum absolute atomic E-state index is 3.45. The molecule has 0 aliphatic carbocycles. The van der Waals surface area contributed by atoms with Crippen LogP contribution in [0.4, 0.5) is 5.69 Å². The number of hydrogen-bond donors (Lipinski definition) is 1. The van der Waals surface area contributed by atoms with Crippen LogP contribution < -0.4 is 10.2 Å². The van der Waals surface area contributed by atoms with Crippen molar-refractivity contribution >= 4 is 5.69 Å². The molecule has 0 amide bonds. The van der Waals surface area contributed by atoms with Crippen molar-refractivity contribution < 1.29 is 0 Å². The lowest BCUT2D eigenvalue weighted by atomic mass is 10.1. The molecule has 0 saturated heterocycles. The molecule has 0 radical (unpaired) electrons. The molecule has 1 aromatic carbocycles. The van der Waals surface area contributed by atoms with E-state index in [1.165, 1.54) is 11.3 Å². The first-order valence-corrected chi connectivity index (χ1v) is 7.74. The van der Waals surface area contributed by atoms with Crippen LogP contribution in [0.5, 0.6) is 0 Å². The molecule has 0 aliphatic rings. The van der Waals surface area contributed by atoms with Crippen LogP contribution in [-0.2, 0) is 0 Å². The largest absolute Gasteiger partial charge is 0.368 e. The van der Waals surface area contributed by atoms with Crippen molar-refractivity contribution in [3.63, 3.8) is 0 Å². The van der Waals surface area contributed by atoms with E-state index >= 15 is 0 Å². The zero-order valence-corrected chi connectivity index (χ0v) is 14.0. The number of hydrogen-bond acceptors (Lipinski definition) is 3. The van der Waals surface area contributed by atoms with E-state index in [4.69, 9.17) is 0 Å². The van der Waals surface area contributed by atoms with Gasteiger partial charge in [-0.2, -0.15) is 0 Å². The lowest BCUT2D eigenvalue weighted by Gasteiger charge is -2.32. The summed E-state index contributed by atoms with van der Waals surface area (Å²) in [6.07, 6.45) is 0. The van der Waals surface area contributed by atoms with E-state index in [1.807, 2.05) is 0 Å². The van der Waals surface area contributed by atoms with E-state index in [-0.39, 0.29) is 0 Å². The molecule has 2 atom stereocenters. The van der Waals surface area contributed by atoms with Crippen LogP contribution in [0, 0.1) is 0 Å². The molecule has 0 spiro atoms. The van der Waals surface area contributed by atoms with Gasteiger partial charge in [-0.05, 0) is 59.1 Å². The highest BCUT2D eigenvalue weighted by Gasteiger charge is 2.14. The zero-order valence-electron chi connectivity index (χ0n) is 14.0. The summed E-state index contributed by atoms with van der Waals surface area (Å²) in [6.45, 7) is 12.0. The molecule has 114 valence electrons. The SMILES string of the molecule is CCNC(C)c1ccc(N(CC)C(C)CN(C)C)cc1. The van der Waals surface area contributed by atoms with Crippen molar-refractivity contribution in [3.05, 3.63) is 29.8 Å². The average Bonchev–Trinajstić information content (AvgIpc) is 2.39. The molecule has 0 aromatic heterocycles. The first-order valence-electron chi connectivity index (χ1n) is 7.74. The van der Waals surface area contributed by atoms with Gasteiger partial charge < -0.3 is 15.1 Å². The molecule has 1 aromatic rings. The normalized spacial score (nSPS) is 14.3. The summed E-state index contributed by atoms with van der Waals surface area (Å²) in [4.78, 5) is 4.70. The van der Waals surface area contributed by atoms with Gasteiger partial charge in [-0.15, -0.1) is 0 Å². The molecule has 0 heterocycles. The summed E-state index contributed by atoms with van der Waals surface area (Å²) in [7, 11) is 4.26. The van der Waals surface area contributed by atoms with E-state index < -0.39 is 0 Å². The van der Waals surface area contributed by atoms with Crippen molar-refractivity contribution in [2.24, 2.45) is 0 Å². The monoisotopic (exact) mass is 277 g/mol. The van der Waals surface area contributed by atoms with Gasteiger partial charge in [0.05, 0.1) is 0 Å². The van der Waals surface area contributed by atoms with Crippen molar-refractivity contribution in [2.45, 2.75) is 39.8 Å². The Kier molecular flexibility index (Phi) is 7.03. The van der Waals surface area contributed by atoms with Crippen molar-refractivity contribution in [1.82, 2.24) is 10.2 Å². The van der Waals surface area contributed by atoms with Crippen molar-refractivity contribution in [2.75, 3.05) is 38.6 Å². The van der Waals surface area contributed by atoms with Gasteiger partial charge in [-0.3, -0.25) is 0 Å². The third-order valence-corrected chi connectivity index (χ3v) is 3.74. The minimum atomic E-state index is 0.420. The van der Waals surface area contributed by atoms with Crippen LogP contribution in [0.15, 0.2) is 24.3 Å². The summed E-state index contributed by atoms with van der Waals surface area (Å²) >= 11 is 0. The van der Waals surface area contributed by atoms with Gasteiger partial charge in [0.2, 0.25) is 0 Å². The predicted molar refractivity (Wildman–Crippen MR) is 89.6 cm³/mol. The predicted octanol–water partition coefficient (Wildman–Crippen LogP) is 3.13. The third-order valence-electron chi connectivity index (χ3n) is 3.74. The first-order chi connectivity index (χ1) is 9.49. The van der Waals surface area contributed by atoms with E-state index in [1.54, 1.807) is 0 Å². The smallest absolute Gasteiger partial charge is 0.0388 e. The Morgan fingerprint density at radius 2 is 1.65 bits per heavy atom. The standard InChI is InChI=1S/C17H31N3/c1-7-18-15(4)16-9-11-17(12-10-16)20(8-2)14(3)13-19(5)6/h9-12,14-15,18H,7-8,13H2,1-6H3. The molecule has 0 saturated carbocycles. The first kappa shape index (κ1) is 17.0. The second kappa shape index (κ2) is 8.28. The zero-order chi connectivity index (χ0) is 15.1. The van der Waals surface area contributed by atoms with Crippen LogP contribution in [0.3, 0.4) is 0 Å². The maximum atomic E-state index is 3.45. The number of likely N-dealkylation sites (N-methyl/N-ethyl adjacent to an activating group) is 2. The van der Waals surface area contributed by atoms with E-state index in [9.17, 15) is 0 Å². The van der Waals surface area contributed by atoms with Crippen LogP contribution in [0.2, 0.25) is 0 Å². The number of nitrogens with one attached hydrogen (secondary N) is 1. The Morgan fingerprint density at radius 1 is 1.05 bits per heavy atom. The highest BCUT2D eigenvalue weighted by atomic mass is 15.2. The third kappa shape index (κ3) is 4.80. The Labute approximate surface area is 125 Å². The average molecular weight is 277 g/mol. The second-order valence-electron chi connectivity index (χ2n) is 5.77. The minimum Gasteiger partial charge on any atom is -0.368 e. The molecule has 2 unspecified atom stereocenters. The molecular formula is C17H31N3. The van der Waals surface area contributed by atoms with Gasteiger partial charge in [0.25, 0.3) is 0 Å². The Balaban J connectivity index is 2.79. The highest BCUT2D eigenvalue weighted by molar-refractivity contribution is 5.48. The van der Waals surface area contributed by atoms with Crippen LogP contribution in [-0.4, -0.2) is 44.7 Å². The van der Waals surface area contributed by atoms with E-state index in [2.05, 4.69) is 81.2 Å². The molecule has 20 heavy (non-hydrogen) atoms. The number of nitrogens with zero attached hydrogens (tertiary/aromatic N) is 2. The molecule has 1 N–H and O–H groups in total. The van der Waals surface area contributed by atoms with E-state index in [0.29, 0.717) is 12.1 Å². The molecule has 3 nitrogen and oxygen atoms in total. The lowest BCUT2D eigenvalue weighted by molar-refractivity contribution is 0.373. The highest BCUT2D eigenvalue weighted by Crippen LogP contribution is 2.21. The fourth-order valence-electron chi connectivity index (χ4n) is 2.75. The summed E-state index contributed by atoms with van der Waals surface area (Å²) < 4.78 is 0. The quantitative estimate of drug-likeness (QED) is 0.787. The summed E-state index contributed by atoms with van der Waals surface area (Å²) in [5, 5.41) is 3.45. The molecule has 3 heteroatoms. The summed E-state index contributed by atoms with van der Waals surface area (Å²) in [6, 6.07) is 9.93. The molecule has 0 aliphatic heterocycles. The number of benzene rings is 1. The van der Waals surface area contributed by atoms with Crippen LogP contribution in [0.1, 0.15) is 39.3 Å². The van der Waals surface area contributed by atoms with Gasteiger partial charge in [-0.1, -0.05) is 19.1 Å². The molecule has 1 rings (SSSR count). The fraction of sp³-hybridized carbons (Fsp3) is 0.647. The lowest BCUT2D eigenvalue weighted by Crippen LogP contribution is -2.40. The van der Waals surface area contributed by atoms with Gasteiger partial charge >= 0.3 is 0 Å². The topological polar surface area (TPSA) is 18.5 Å². The second-order valence-corrected chi connectivity index (χ2v) is 5.77. The Bertz CT molecular complexity index is 372. The Hall–Kier alpha value is -1.06. The molecule has 0 fully saturated rings. The fourth-order valence-corrected chi connectivity index (χ4v) is 2.75. The Morgan fingerprint density at radius 3 is 2.10 bits per heavy atom. The van der Waals surface area contributed by atoms with Gasteiger partial charge in [0.15, 0.2) is 0 Å². The number of rotatable bonds is 8. The minimum absolute atomic E-state index is 0.420. The molecular weight excluding hydrogens is 246 g/mol. The number of anilines is 1.